The number of amides is 2. The zero-order valence-electron chi connectivity index (χ0n) is 16.3. The van der Waals surface area contributed by atoms with Crippen molar-refractivity contribution in [2.24, 2.45) is 0 Å². The number of carbonyl (C=O) groups excluding carboxylic acids is 2. The molecule has 0 aliphatic carbocycles. The van der Waals surface area contributed by atoms with E-state index in [9.17, 15) is 9.59 Å². The molecule has 3 rings (SSSR count). The number of hydrogen-bond acceptors (Lipinski definition) is 3. The van der Waals surface area contributed by atoms with Crippen molar-refractivity contribution in [3.63, 3.8) is 0 Å². The van der Waals surface area contributed by atoms with Crippen LogP contribution >= 0.6 is 0 Å². The molecule has 1 N–H and O–H groups in total. The highest BCUT2D eigenvalue weighted by atomic mass is 16.2. The maximum atomic E-state index is 12.6. The Morgan fingerprint density at radius 2 is 1.78 bits per heavy atom. The van der Waals surface area contributed by atoms with E-state index < -0.39 is 0 Å². The number of nitrogens with one attached hydrogen (secondary N) is 1. The van der Waals surface area contributed by atoms with Gasteiger partial charge in [-0.15, -0.1) is 0 Å². The second-order valence-electron chi connectivity index (χ2n) is 7.23. The summed E-state index contributed by atoms with van der Waals surface area (Å²) < 4.78 is 0. The Bertz CT molecular complexity index is 827. The molecule has 2 aromatic carbocycles. The Hall–Kier alpha value is -2.66. The highest BCUT2D eigenvalue weighted by Gasteiger charge is 2.24. The van der Waals surface area contributed by atoms with E-state index in [-0.39, 0.29) is 18.4 Å². The van der Waals surface area contributed by atoms with Crippen LogP contribution in [0.5, 0.6) is 0 Å². The average Bonchev–Trinajstić information content (AvgIpc) is 3.07. The number of aryl methyl sites for hydroxylation is 2. The van der Waals surface area contributed by atoms with Crippen molar-refractivity contribution in [1.29, 1.82) is 0 Å². The predicted molar refractivity (Wildman–Crippen MR) is 109 cm³/mol. The van der Waals surface area contributed by atoms with Crippen LogP contribution in [0.25, 0.3) is 0 Å². The van der Waals surface area contributed by atoms with Crippen molar-refractivity contribution in [2.75, 3.05) is 36.9 Å². The van der Waals surface area contributed by atoms with Gasteiger partial charge in [-0.25, -0.2) is 0 Å². The molecule has 2 amide bonds. The molecule has 142 valence electrons. The molecule has 0 unspecified atom stereocenters. The number of hydrogen-bond donors (Lipinski definition) is 1. The molecule has 5 heteroatoms. The third-order valence-electron chi connectivity index (χ3n) is 5.05. The van der Waals surface area contributed by atoms with Crippen LogP contribution in [0, 0.1) is 13.8 Å². The summed E-state index contributed by atoms with van der Waals surface area (Å²) in [6.45, 7) is 5.53. The molecule has 0 saturated carbocycles. The summed E-state index contributed by atoms with van der Waals surface area (Å²) in [7, 11) is 1.87. The summed E-state index contributed by atoms with van der Waals surface area (Å²) in [5, 5.41) is 2.99. The van der Waals surface area contributed by atoms with E-state index in [1.54, 1.807) is 0 Å². The maximum Gasteiger partial charge on any atom is 0.238 e. The van der Waals surface area contributed by atoms with Crippen molar-refractivity contribution in [3.8, 4) is 0 Å². The third kappa shape index (κ3) is 4.55. The Morgan fingerprint density at radius 1 is 1.07 bits per heavy atom. The fourth-order valence-corrected chi connectivity index (χ4v) is 3.53. The van der Waals surface area contributed by atoms with Gasteiger partial charge in [0.25, 0.3) is 0 Å². The minimum atomic E-state index is -0.0612. The zero-order chi connectivity index (χ0) is 19.4. The fraction of sp³-hybridized carbons (Fsp3) is 0.364. The van der Waals surface area contributed by atoms with Crippen LogP contribution in [-0.2, 0) is 16.0 Å². The zero-order valence-corrected chi connectivity index (χ0v) is 16.3. The highest BCUT2D eigenvalue weighted by Crippen LogP contribution is 2.27. The predicted octanol–water partition coefficient (Wildman–Crippen LogP) is 3.15. The molecule has 1 aliphatic heterocycles. The lowest BCUT2D eigenvalue weighted by atomic mass is 10.1. The van der Waals surface area contributed by atoms with Gasteiger partial charge in [0.1, 0.15) is 0 Å². The van der Waals surface area contributed by atoms with Crippen LogP contribution in [0.15, 0.2) is 42.5 Å². The monoisotopic (exact) mass is 365 g/mol. The first-order valence-electron chi connectivity index (χ1n) is 9.38. The lowest BCUT2D eigenvalue weighted by molar-refractivity contribution is -0.120. The van der Waals surface area contributed by atoms with Crippen LogP contribution in [0.4, 0.5) is 11.4 Å². The molecular formula is C22H27N3O2. The van der Waals surface area contributed by atoms with Gasteiger partial charge in [0, 0.05) is 30.9 Å². The number of fused-ring (bicyclic) bond motifs is 1. The molecule has 0 fully saturated rings. The van der Waals surface area contributed by atoms with Gasteiger partial charge in [-0.1, -0.05) is 36.4 Å². The number of likely N-dealkylation sites (N-methyl/N-ethyl adjacent to an activating group) is 1. The molecule has 27 heavy (non-hydrogen) atoms. The van der Waals surface area contributed by atoms with Crippen LogP contribution in [0.2, 0.25) is 0 Å². The molecule has 0 bridgehead atoms. The van der Waals surface area contributed by atoms with Crippen molar-refractivity contribution >= 4 is 23.2 Å². The van der Waals surface area contributed by atoms with Crippen molar-refractivity contribution in [3.05, 3.63) is 59.2 Å². The lowest BCUT2D eigenvalue weighted by Gasteiger charge is -2.21. The fourth-order valence-electron chi connectivity index (χ4n) is 3.53. The number of rotatable bonds is 6. The van der Waals surface area contributed by atoms with E-state index in [4.69, 9.17) is 0 Å². The van der Waals surface area contributed by atoms with Gasteiger partial charge in [0.05, 0.1) is 6.54 Å². The first-order valence-corrected chi connectivity index (χ1v) is 9.38. The SMILES string of the molecule is Cc1cccc(C)c1NC(=O)CN(C)CCC(=O)N1CCc2ccccc21. The van der Waals surface area contributed by atoms with Crippen molar-refractivity contribution in [2.45, 2.75) is 26.7 Å². The van der Waals surface area contributed by atoms with Crippen LogP contribution in [0.3, 0.4) is 0 Å². The van der Waals surface area contributed by atoms with Crippen LogP contribution < -0.4 is 10.2 Å². The molecule has 0 aromatic heterocycles. The number of benzene rings is 2. The minimum absolute atomic E-state index is 0.0612. The number of anilines is 2. The standard InChI is InChI=1S/C22H27N3O2/c1-16-7-6-8-17(2)22(16)23-20(26)15-24(3)13-12-21(27)25-14-11-18-9-4-5-10-19(18)25/h4-10H,11-15H2,1-3H3,(H,23,26). The molecule has 5 nitrogen and oxygen atoms in total. The molecule has 1 heterocycles. The quantitative estimate of drug-likeness (QED) is 0.856. The molecule has 0 atom stereocenters. The lowest BCUT2D eigenvalue weighted by Crippen LogP contribution is -2.35. The minimum Gasteiger partial charge on any atom is -0.324 e. The molecule has 0 radical (unpaired) electrons. The maximum absolute atomic E-state index is 12.6. The topological polar surface area (TPSA) is 52.7 Å². The third-order valence-corrected chi connectivity index (χ3v) is 5.05. The Morgan fingerprint density at radius 3 is 2.52 bits per heavy atom. The van der Waals surface area contributed by atoms with E-state index >= 15 is 0 Å². The average molecular weight is 365 g/mol. The number of carbonyl (C=O) groups is 2. The van der Waals surface area contributed by atoms with E-state index in [0.29, 0.717) is 13.0 Å². The Kier molecular flexibility index (Phi) is 5.91. The van der Waals surface area contributed by atoms with Crippen molar-refractivity contribution in [1.82, 2.24) is 4.90 Å². The molecule has 0 spiro atoms. The van der Waals surface area contributed by atoms with Gasteiger partial charge in [0.2, 0.25) is 11.8 Å². The smallest absolute Gasteiger partial charge is 0.238 e. The van der Waals surface area contributed by atoms with E-state index in [1.165, 1.54) is 5.56 Å². The number of nitrogens with zero attached hydrogens (tertiary/aromatic N) is 2. The van der Waals surface area contributed by atoms with Gasteiger partial charge in [-0.2, -0.15) is 0 Å². The highest BCUT2D eigenvalue weighted by molar-refractivity contribution is 5.96. The summed E-state index contributed by atoms with van der Waals surface area (Å²) in [4.78, 5) is 28.7. The first kappa shape index (κ1) is 19.1. The van der Waals surface area contributed by atoms with E-state index in [2.05, 4.69) is 11.4 Å². The molecular weight excluding hydrogens is 338 g/mol. The van der Waals surface area contributed by atoms with E-state index in [0.717, 1.165) is 35.5 Å². The van der Waals surface area contributed by atoms with Gasteiger partial charge in [0.15, 0.2) is 0 Å². The van der Waals surface area contributed by atoms with Gasteiger partial charge in [-0.05, 0) is 50.1 Å². The van der Waals surface area contributed by atoms with Crippen LogP contribution in [0.1, 0.15) is 23.1 Å². The normalized spacial score (nSPS) is 13.0. The summed E-state index contributed by atoms with van der Waals surface area (Å²) in [6.07, 6.45) is 1.32. The van der Waals surface area contributed by atoms with Gasteiger partial charge in [-0.3, -0.25) is 14.5 Å². The number of para-hydroxylation sites is 2. The summed E-state index contributed by atoms with van der Waals surface area (Å²) in [5.41, 5.74) is 5.23. The van der Waals surface area contributed by atoms with Gasteiger partial charge >= 0.3 is 0 Å². The second kappa shape index (κ2) is 8.35. The summed E-state index contributed by atoms with van der Waals surface area (Å²) >= 11 is 0. The summed E-state index contributed by atoms with van der Waals surface area (Å²) in [6, 6.07) is 14.0. The van der Waals surface area contributed by atoms with Crippen molar-refractivity contribution < 1.29 is 9.59 Å². The summed E-state index contributed by atoms with van der Waals surface area (Å²) in [5.74, 6) is 0.0517. The molecule has 0 saturated heterocycles. The first-order chi connectivity index (χ1) is 13.0. The van der Waals surface area contributed by atoms with Gasteiger partial charge < -0.3 is 10.2 Å². The Balaban J connectivity index is 1.49. The largest absolute Gasteiger partial charge is 0.324 e. The Labute approximate surface area is 161 Å². The van der Waals surface area contributed by atoms with E-state index in [1.807, 2.05) is 67.1 Å². The van der Waals surface area contributed by atoms with Crippen LogP contribution in [-0.4, -0.2) is 43.4 Å². The second-order valence-corrected chi connectivity index (χ2v) is 7.23. The molecule has 1 aliphatic rings. The molecule has 2 aromatic rings.